The second-order valence-electron chi connectivity index (χ2n) is 7.26. The number of allylic oxidation sites excluding steroid dienone is 2. The van der Waals surface area contributed by atoms with Crippen molar-refractivity contribution in [1.82, 2.24) is 5.32 Å². The van der Waals surface area contributed by atoms with Gasteiger partial charge in [0.1, 0.15) is 5.92 Å². The number of carbonyl (C=O) groups is 1. The van der Waals surface area contributed by atoms with E-state index >= 15 is 0 Å². The summed E-state index contributed by atoms with van der Waals surface area (Å²) in [6, 6.07) is 8.20. The van der Waals surface area contributed by atoms with E-state index in [9.17, 15) is 20.2 Å². The van der Waals surface area contributed by atoms with Crippen molar-refractivity contribution in [3.8, 4) is 6.07 Å². The number of benzene rings is 1. The van der Waals surface area contributed by atoms with Crippen molar-refractivity contribution in [3.63, 3.8) is 0 Å². The van der Waals surface area contributed by atoms with E-state index in [0.717, 1.165) is 5.70 Å². The summed E-state index contributed by atoms with van der Waals surface area (Å²) in [4.78, 5) is 23.6. The number of nitriles is 1. The third-order valence-corrected chi connectivity index (χ3v) is 5.08. The van der Waals surface area contributed by atoms with Crippen LogP contribution in [0.4, 0.5) is 5.69 Å². The number of nitrogens with zero attached hydrogens (tertiary/aromatic N) is 2. The van der Waals surface area contributed by atoms with Crippen molar-refractivity contribution >= 4 is 28.7 Å². The van der Waals surface area contributed by atoms with E-state index in [4.69, 9.17) is 12.2 Å². The number of carbonyl (C=O) groups excluding carboxylic acids is 1. The Labute approximate surface area is 150 Å². The molecular formula is C18H17N3O3S. The van der Waals surface area contributed by atoms with Crippen LogP contribution in [0, 0.1) is 32.8 Å². The highest BCUT2D eigenvalue weighted by Crippen LogP contribution is 2.46. The van der Waals surface area contributed by atoms with Crippen LogP contribution in [-0.2, 0) is 4.79 Å². The smallest absolute Gasteiger partial charge is 0.269 e. The van der Waals surface area contributed by atoms with Gasteiger partial charge in [-0.25, -0.2) is 0 Å². The van der Waals surface area contributed by atoms with Gasteiger partial charge in [0.25, 0.3) is 5.69 Å². The largest absolute Gasteiger partial charge is 0.352 e. The van der Waals surface area contributed by atoms with E-state index in [2.05, 4.69) is 11.4 Å². The number of thiocarbonyl (C=S) groups is 1. The molecule has 0 fully saturated rings. The maximum Gasteiger partial charge on any atom is 0.269 e. The van der Waals surface area contributed by atoms with E-state index in [0.29, 0.717) is 29.0 Å². The lowest BCUT2D eigenvalue weighted by Crippen LogP contribution is -2.44. The monoisotopic (exact) mass is 355 g/mol. The first kappa shape index (κ1) is 17.2. The molecule has 0 saturated heterocycles. The quantitative estimate of drug-likeness (QED) is 0.496. The Kier molecular flexibility index (Phi) is 4.17. The van der Waals surface area contributed by atoms with Crippen LogP contribution in [0.1, 0.15) is 38.2 Å². The first-order valence-corrected chi connectivity index (χ1v) is 8.35. The second kappa shape index (κ2) is 6.05. The summed E-state index contributed by atoms with van der Waals surface area (Å²) in [5.74, 6) is -1.15. The van der Waals surface area contributed by atoms with Crippen LogP contribution in [0.15, 0.2) is 35.5 Å². The van der Waals surface area contributed by atoms with Crippen LogP contribution in [-0.4, -0.2) is 15.7 Å². The van der Waals surface area contributed by atoms with Crippen LogP contribution < -0.4 is 5.32 Å². The van der Waals surface area contributed by atoms with E-state index in [1.165, 1.54) is 12.1 Å². The summed E-state index contributed by atoms with van der Waals surface area (Å²) in [6.45, 7) is 4.05. The average molecular weight is 355 g/mol. The zero-order valence-corrected chi connectivity index (χ0v) is 14.7. The van der Waals surface area contributed by atoms with Gasteiger partial charge in [-0.05, 0) is 17.4 Å². The third-order valence-electron chi connectivity index (χ3n) is 4.72. The van der Waals surface area contributed by atoms with E-state index < -0.39 is 16.8 Å². The average Bonchev–Trinajstić information content (AvgIpc) is 2.52. The number of Topliss-reactive ketones (excluding diaryl/α,β-unsaturated/α-hetero) is 1. The highest BCUT2D eigenvalue weighted by Gasteiger charge is 2.44. The fraction of sp³-hybridized carbons (Fsp3) is 0.389. The molecule has 0 spiro atoms. The summed E-state index contributed by atoms with van der Waals surface area (Å²) in [6.07, 6.45) is 1.08. The first-order valence-electron chi connectivity index (χ1n) is 7.94. The lowest BCUT2D eigenvalue weighted by Gasteiger charge is -2.40. The van der Waals surface area contributed by atoms with Crippen molar-refractivity contribution in [2.24, 2.45) is 11.3 Å². The molecule has 0 unspecified atom stereocenters. The molecule has 0 amide bonds. The van der Waals surface area contributed by atoms with Gasteiger partial charge in [-0.15, -0.1) is 0 Å². The summed E-state index contributed by atoms with van der Waals surface area (Å²) >= 11 is 5.37. The Hall–Kier alpha value is -2.59. The van der Waals surface area contributed by atoms with Gasteiger partial charge in [0, 0.05) is 35.7 Å². The molecule has 2 atom stereocenters. The molecule has 1 aromatic carbocycles. The normalized spacial score (nSPS) is 25.0. The molecule has 2 aliphatic rings. The summed E-state index contributed by atoms with van der Waals surface area (Å²) in [5, 5.41) is 23.6. The third kappa shape index (κ3) is 3.05. The Bertz CT molecular complexity index is 849. The summed E-state index contributed by atoms with van der Waals surface area (Å²) < 4.78 is 0. The molecule has 7 heteroatoms. The van der Waals surface area contributed by atoms with Crippen molar-refractivity contribution in [2.45, 2.75) is 32.6 Å². The van der Waals surface area contributed by atoms with Gasteiger partial charge in [0.05, 0.1) is 16.0 Å². The van der Waals surface area contributed by atoms with Crippen molar-refractivity contribution < 1.29 is 9.72 Å². The highest BCUT2D eigenvalue weighted by atomic mass is 32.1. The zero-order chi connectivity index (χ0) is 18.4. The van der Waals surface area contributed by atoms with Crippen LogP contribution >= 0.6 is 12.2 Å². The molecule has 3 rings (SSSR count). The number of hydrogen-bond donors (Lipinski definition) is 1. The van der Waals surface area contributed by atoms with Gasteiger partial charge in [-0.3, -0.25) is 14.9 Å². The molecule has 1 aromatic rings. The molecule has 0 radical (unpaired) electrons. The Morgan fingerprint density at radius 3 is 2.52 bits per heavy atom. The van der Waals surface area contributed by atoms with Crippen LogP contribution in [0.5, 0.6) is 0 Å². The van der Waals surface area contributed by atoms with Crippen molar-refractivity contribution in [1.29, 1.82) is 5.26 Å². The number of non-ortho nitro benzene ring substituents is 1. The zero-order valence-electron chi connectivity index (χ0n) is 13.9. The number of ketones is 1. The van der Waals surface area contributed by atoms with Gasteiger partial charge in [-0.2, -0.15) is 5.26 Å². The summed E-state index contributed by atoms with van der Waals surface area (Å²) in [7, 11) is 0. The predicted octanol–water partition coefficient (Wildman–Crippen LogP) is 3.39. The molecule has 0 aromatic heterocycles. The lowest BCUT2D eigenvalue weighted by molar-refractivity contribution is -0.384. The number of nitrogens with one attached hydrogen (secondary N) is 1. The number of nitro groups is 1. The van der Waals surface area contributed by atoms with E-state index in [1.807, 2.05) is 13.8 Å². The minimum Gasteiger partial charge on any atom is -0.352 e. The van der Waals surface area contributed by atoms with Crippen LogP contribution in [0.2, 0.25) is 0 Å². The fourth-order valence-electron chi connectivity index (χ4n) is 3.65. The predicted molar refractivity (Wildman–Crippen MR) is 95.7 cm³/mol. The number of rotatable bonds is 2. The van der Waals surface area contributed by atoms with E-state index in [1.54, 1.807) is 12.1 Å². The molecule has 0 saturated carbocycles. The Balaban J connectivity index is 2.13. The Morgan fingerprint density at radius 2 is 1.96 bits per heavy atom. The Morgan fingerprint density at radius 1 is 1.32 bits per heavy atom. The van der Waals surface area contributed by atoms with Gasteiger partial charge < -0.3 is 5.32 Å². The van der Waals surface area contributed by atoms with Gasteiger partial charge in [0.15, 0.2) is 5.78 Å². The second-order valence-corrected chi connectivity index (χ2v) is 7.70. The fourth-order valence-corrected chi connectivity index (χ4v) is 3.96. The topological polar surface area (TPSA) is 96.0 Å². The number of nitro benzene ring substituents is 1. The van der Waals surface area contributed by atoms with Gasteiger partial charge in [0.2, 0.25) is 0 Å². The molecule has 1 aliphatic carbocycles. The molecule has 1 aliphatic heterocycles. The minimum atomic E-state index is -0.666. The maximum absolute atomic E-state index is 12.8. The lowest BCUT2D eigenvalue weighted by atomic mass is 9.67. The molecule has 25 heavy (non-hydrogen) atoms. The van der Waals surface area contributed by atoms with Gasteiger partial charge >= 0.3 is 0 Å². The van der Waals surface area contributed by atoms with E-state index in [-0.39, 0.29) is 16.9 Å². The standard InChI is InChI=1S/C18H17N3O3S/c1-18(2)7-13-16(14(22)8-18)15(12(9-19)17(25)20-13)10-3-5-11(6-4-10)21(23)24/h3-6,12,15H,7-8H2,1-2H3,(H,20,25)/t12-,15+/m1/s1. The molecule has 1 N–H and O–H groups in total. The number of hydrogen-bond acceptors (Lipinski definition) is 5. The van der Waals surface area contributed by atoms with Crippen LogP contribution in [0.25, 0.3) is 0 Å². The van der Waals surface area contributed by atoms with Crippen LogP contribution in [0.3, 0.4) is 0 Å². The van der Waals surface area contributed by atoms with Crippen molar-refractivity contribution in [3.05, 3.63) is 51.2 Å². The van der Waals surface area contributed by atoms with Gasteiger partial charge in [-0.1, -0.05) is 38.2 Å². The maximum atomic E-state index is 12.8. The molecule has 128 valence electrons. The highest BCUT2D eigenvalue weighted by molar-refractivity contribution is 7.80. The first-order chi connectivity index (χ1) is 11.7. The minimum absolute atomic E-state index is 0.00449. The SMILES string of the molecule is CC1(C)CC(=O)C2=C(C1)NC(=S)[C@H](C#N)[C@@H]2c1ccc([N+](=O)[O-])cc1. The molecule has 1 heterocycles. The molecule has 6 nitrogen and oxygen atoms in total. The summed E-state index contributed by atoms with van der Waals surface area (Å²) in [5.41, 5.74) is 1.87. The van der Waals surface area contributed by atoms with Crippen molar-refractivity contribution in [2.75, 3.05) is 0 Å². The molecule has 0 bridgehead atoms. The molecular weight excluding hydrogens is 338 g/mol.